The van der Waals surface area contributed by atoms with E-state index < -0.39 is 5.97 Å². The van der Waals surface area contributed by atoms with E-state index in [0.717, 1.165) is 31.6 Å². The van der Waals surface area contributed by atoms with Gasteiger partial charge in [0.25, 0.3) is 5.91 Å². The van der Waals surface area contributed by atoms with Crippen molar-refractivity contribution in [3.8, 4) is 0 Å². The second-order valence-electron chi connectivity index (χ2n) is 6.75. The third kappa shape index (κ3) is 4.30. The van der Waals surface area contributed by atoms with E-state index in [-0.39, 0.29) is 11.4 Å². The highest BCUT2D eigenvalue weighted by Gasteiger charge is 2.31. The van der Waals surface area contributed by atoms with Crippen LogP contribution in [0.2, 0.25) is 0 Å². The van der Waals surface area contributed by atoms with Crippen molar-refractivity contribution in [1.29, 1.82) is 0 Å². The molecule has 0 aliphatic heterocycles. The number of nitrogens with zero attached hydrogens (tertiary/aromatic N) is 1. The highest BCUT2D eigenvalue weighted by molar-refractivity contribution is 5.95. The zero-order chi connectivity index (χ0) is 17.0. The summed E-state index contributed by atoms with van der Waals surface area (Å²) in [5.74, 6) is 0.141. The SMILES string of the molecule is CCOC(=O)c1ccc(C(=O)NC2(C)CCC(C)CC2)nc1C. The van der Waals surface area contributed by atoms with E-state index in [1.54, 1.807) is 26.0 Å². The molecule has 5 heteroatoms. The zero-order valence-corrected chi connectivity index (χ0v) is 14.4. The quantitative estimate of drug-likeness (QED) is 0.865. The highest BCUT2D eigenvalue weighted by Crippen LogP contribution is 2.31. The molecule has 1 aliphatic carbocycles. The molecule has 5 nitrogen and oxygen atoms in total. The van der Waals surface area contributed by atoms with Crippen LogP contribution in [0.25, 0.3) is 0 Å². The van der Waals surface area contributed by atoms with Crippen molar-refractivity contribution in [2.24, 2.45) is 5.92 Å². The van der Waals surface area contributed by atoms with Crippen LogP contribution in [-0.2, 0) is 4.74 Å². The van der Waals surface area contributed by atoms with E-state index in [1.807, 2.05) is 0 Å². The maximum atomic E-state index is 12.5. The van der Waals surface area contributed by atoms with Gasteiger partial charge in [-0.2, -0.15) is 0 Å². The molecule has 1 fully saturated rings. The Labute approximate surface area is 137 Å². The van der Waals surface area contributed by atoms with E-state index in [1.165, 1.54) is 0 Å². The van der Waals surface area contributed by atoms with Crippen molar-refractivity contribution in [1.82, 2.24) is 10.3 Å². The molecule has 1 saturated carbocycles. The normalized spacial score (nSPS) is 24.1. The molecule has 1 aromatic rings. The fraction of sp³-hybridized carbons (Fsp3) is 0.611. The van der Waals surface area contributed by atoms with Crippen LogP contribution < -0.4 is 5.32 Å². The van der Waals surface area contributed by atoms with Gasteiger partial charge >= 0.3 is 5.97 Å². The summed E-state index contributed by atoms with van der Waals surface area (Å²) in [6, 6.07) is 3.20. The summed E-state index contributed by atoms with van der Waals surface area (Å²) in [7, 11) is 0. The fourth-order valence-corrected chi connectivity index (χ4v) is 2.97. The Bertz CT molecular complexity index is 590. The average Bonchev–Trinajstić information content (AvgIpc) is 2.50. The van der Waals surface area contributed by atoms with Gasteiger partial charge in [-0.25, -0.2) is 9.78 Å². The van der Waals surface area contributed by atoms with Gasteiger partial charge in [-0.3, -0.25) is 4.79 Å². The maximum Gasteiger partial charge on any atom is 0.339 e. The lowest BCUT2D eigenvalue weighted by atomic mass is 9.78. The van der Waals surface area contributed by atoms with E-state index in [4.69, 9.17) is 4.74 Å². The number of carbonyl (C=O) groups is 2. The molecule has 0 aromatic carbocycles. The molecule has 0 atom stereocenters. The van der Waals surface area contributed by atoms with Gasteiger partial charge in [0.1, 0.15) is 5.69 Å². The molecule has 23 heavy (non-hydrogen) atoms. The molecule has 1 aliphatic rings. The summed E-state index contributed by atoms with van der Waals surface area (Å²) in [4.78, 5) is 28.5. The standard InChI is InChI=1S/C18H26N2O3/c1-5-23-17(22)14-6-7-15(19-13(14)3)16(21)20-18(4)10-8-12(2)9-11-18/h6-7,12H,5,8-11H2,1-4H3,(H,20,21). The molecule has 2 rings (SSSR count). The first kappa shape index (κ1) is 17.4. The summed E-state index contributed by atoms with van der Waals surface area (Å²) in [6.07, 6.45) is 4.23. The smallest absolute Gasteiger partial charge is 0.339 e. The minimum absolute atomic E-state index is 0.168. The van der Waals surface area contributed by atoms with Crippen LogP contribution >= 0.6 is 0 Å². The molecule has 0 unspecified atom stereocenters. The van der Waals surface area contributed by atoms with Crippen molar-refractivity contribution < 1.29 is 14.3 Å². The Morgan fingerprint density at radius 3 is 2.57 bits per heavy atom. The maximum absolute atomic E-state index is 12.5. The van der Waals surface area contributed by atoms with Crippen molar-refractivity contribution in [3.63, 3.8) is 0 Å². The average molecular weight is 318 g/mol. The van der Waals surface area contributed by atoms with Crippen molar-refractivity contribution in [2.45, 2.75) is 58.9 Å². The molecule has 1 heterocycles. The molecule has 0 radical (unpaired) electrons. The van der Waals surface area contributed by atoms with Gasteiger partial charge in [-0.05, 0) is 64.5 Å². The van der Waals surface area contributed by atoms with Crippen molar-refractivity contribution in [3.05, 3.63) is 29.1 Å². The van der Waals surface area contributed by atoms with E-state index in [2.05, 4.69) is 24.1 Å². The first-order valence-electron chi connectivity index (χ1n) is 8.32. The van der Waals surface area contributed by atoms with Gasteiger partial charge in [0.05, 0.1) is 17.9 Å². The van der Waals surface area contributed by atoms with E-state index >= 15 is 0 Å². The Morgan fingerprint density at radius 1 is 1.35 bits per heavy atom. The molecule has 0 bridgehead atoms. The van der Waals surface area contributed by atoms with Gasteiger partial charge < -0.3 is 10.1 Å². The highest BCUT2D eigenvalue weighted by atomic mass is 16.5. The summed E-state index contributed by atoms with van der Waals surface area (Å²) in [5.41, 5.74) is 1.09. The summed E-state index contributed by atoms with van der Waals surface area (Å²) in [6.45, 7) is 8.13. The van der Waals surface area contributed by atoms with Crippen LogP contribution in [0.15, 0.2) is 12.1 Å². The molecule has 0 saturated heterocycles. The predicted octanol–water partition coefficient (Wildman–Crippen LogP) is 3.27. The second-order valence-corrected chi connectivity index (χ2v) is 6.75. The minimum atomic E-state index is -0.405. The molecule has 126 valence electrons. The van der Waals surface area contributed by atoms with Crippen LogP contribution in [0.1, 0.15) is 73.0 Å². The van der Waals surface area contributed by atoms with Gasteiger partial charge in [-0.1, -0.05) is 6.92 Å². The number of amides is 1. The zero-order valence-electron chi connectivity index (χ0n) is 14.4. The molecule has 0 spiro atoms. The number of nitrogens with one attached hydrogen (secondary N) is 1. The van der Waals surface area contributed by atoms with Crippen LogP contribution in [0.4, 0.5) is 0 Å². The number of aryl methyl sites for hydroxylation is 1. The van der Waals surface area contributed by atoms with Gasteiger partial charge in [0.2, 0.25) is 0 Å². The molecule has 1 N–H and O–H groups in total. The van der Waals surface area contributed by atoms with Crippen LogP contribution in [-0.4, -0.2) is 29.0 Å². The molecular formula is C18H26N2O3. The van der Waals surface area contributed by atoms with Crippen LogP contribution in [0, 0.1) is 12.8 Å². The molecular weight excluding hydrogens is 292 g/mol. The number of rotatable bonds is 4. The topological polar surface area (TPSA) is 68.3 Å². The first-order valence-corrected chi connectivity index (χ1v) is 8.32. The molecule has 1 aromatic heterocycles. The third-order valence-corrected chi connectivity index (χ3v) is 4.61. The number of pyridine rings is 1. The Morgan fingerprint density at radius 2 is 2.00 bits per heavy atom. The van der Waals surface area contributed by atoms with Gasteiger partial charge in [-0.15, -0.1) is 0 Å². The molecule has 1 amide bonds. The lowest BCUT2D eigenvalue weighted by Crippen LogP contribution is -2.48. The Balaban J connectivity index is 2.08. The van der Waals surface area contributed by atoms with E-state index in [9.17, 15) is 9.59 Å². The van der Waals surface area contributed by atoms with Crippen LogP contribution in [0.5, 0.6) is 0 Å². The number of esters is 1. The van der Waals surface area contributed by atoms with E-state index in [0.29, 0.717) is 23.6 Å². The monoisotopic (exact) mass is 318 g/mol. The van der Waals surface area contributed by atoms with Crippen molar-refractivity contribution in [2.75, 3.05) is 6.61 Å². The number of hydrogen-bond acceptors (Lipinski definition) is 4. The number of carbonyl (C=O) groups excluding carboxylic acids is 2. The summed E-state index contributed by atoms with van der Waals surface area (Å²) < 4.78 is 4.98. The largest absolute Gasteiger partial charge is 0.462 e. The summed E-state index contributed by atoms with van der Waals surface area (Å²) in [5, 5.41) is 3.12. The number of hydrogen-bond donors (Lipinski definition) is 1. The summed E-state index contributed by atoms with van der Waals surface area (Å²) >= 11 is 0. The lowest BCUT2D eigenvalue weighted by molar-refractivity contribution is 0.0524. The van der Waals surface area contributed by atoms with Gasteiger partial charge in [0.15, 0.2) is 0 Å². The third-order valence-electron chi connectivity index (χ3n) is 4.61. The second kappa shape index (κ2) is 7.11. The van der Waals surface area contributed by atoms with Gasteiger partial charge in [0, 0.05) is 5.54 Å². The fourth-order valence-electron chi connectivity index (χ4n) is 2.97. The predicted molar refractivity (Wildman–Crippen MR) is 88.4 cm³/mol. The number of aromatic nitrogens is 1. The minimum Gasteiger partial charge on any atom is -0.462 e. The van der Waals surface area contributed by atoms with Crippen LogP contribution in [0.3, 0.4) is 0 Å². The Kier molecular flexibility index (Phi) is 5.39. The number of ether oxygens (including phenoxy) is 1. The Hall–Kier alpha value is -1.91. The lowest BCUT2D eigenvalue weighted by Gasteiger charge is -2.37. The van der Waals surface area contributed by atoms with Crippen molar-refractivity contribution >= 4 is 11.9 Å². The first-order chi connectivity index (χ1) is 10.8.